The number of amides is 2. The van der Waals surface area contributed by atoms with Crippen LogP contribution in [-0.2, 0) is 22.4 Å². The number of aryl methyl sites for hydroxylation is 1. The largest absolute Gasteiger partial charge is 0.396 e. The molecule has 0 saturated carbocycles. The molecule has 1 aromatic heterocycles. The number of piperidine rings is 2. The smallest absolute Gasteiger partial charge is 0.274 e. The summed E-state index contributed by atoms with van der Waals surface area (Å²) in [4.78, 5) is 29.3. The lowest BCUT2D eigenvalue weighted by Crippen LogP contribution is -2.64. The SMILES string of the molecule is COCC(=O)N1CC[C@H]2N(C(=O)c3n[nH]c4c3CCC4)CCC[C@]2(CO)C1. The van der Waals surface area contributed by atoms with E-state index in [1.165, 1.54) is 7.11 Å². The van der Waals surface area contributed by atoms with Crippen molar-refractivity contribution in [1.82, 2.24) is 20.0 Å². The zero-order chi connectivity index (χ0) is 19.0. The van der Waals surface area contributed by atoms with Crippen molar-refractivity contribution in [2.24, 2.45) is 5.41 Å². The molecule has 0 bridgehead atoms. The minimum atomic E-state index is -0.463. The summed E-state index contributed by atoms with van der Waals surface area (Å²) in [5.74, 6) is -0.0917. The summed E-state index contributed by atoms with van der Waals surface area (Å²) < 4.78 is 4.98. The lowest BCUT2D eigenvalue weighted by Gasteiger charge is -2.54. The van der Waals surface area contributed by atoms with Crippen LogP contribution in [0.4, 0.5) is 0 Å². The van der Waals surface area contributed by atoms with Gasteiger partial charge in [-0.05, 0) is 38.5 Å². The molecule has 148 valence electrons. The molecule has 1 aromatic rings. The van der Waals surface area contributed by atoms with Crippen LogP contribution in [0.15, 0.2) is 0 Å². The fourth-order valence-corrected chi connectivity index (χ4v) is 5.18. The first-order chi connectivity index (χ1) is 13.1. The van der Waals surface area contributed by atoms with Crippen molar-refractivity contribution in [2.45, 2.75) is 44.6 Å². The van der Waals surface area contributed by atoms with Crippen molar-refractivity contribution >= 4 is 11.8 Å². The highest BCUT2D eigenvalue weighted by Gasteiger charge is 2.50. The molecule has 0 aromatic carbocycles. The van der Waals surface area contributed by atoms with Gasteiger partial charge in [-0.25, -0.2) is 0 Å². The monoisotopic (exact) mass is 376 g/mol. The molecule has 0 spiro atoms. The van der Waals surface area contributed by atoms with Gasteiger partial charge >= 0.3 is 0 Å². The van der Waals surface area contributed by atoms with E-state index < -0.39 is 5.41 Å². The number of methoxy groups -OCH3 is 1. The summed E-state index contributed by atoms with van der Waals surface area (Å²) in [5, 5.41) is 17.6. The summed E-state index contributed by atoms with van der Waals surface area (Å²) in [6, 6.07) is -0.0657. The fourth-order valence-electron chi connectivity index (χ4n) is 5.18. The summed E-state index contributed by atoms with van der Waals surface area (Å²) in [6.45, 7) is 1.75. The molecular weight excluding hydrogens is 348 g/mol. The van der Waals surface area contributed by atoms with Gasteiger partial charge in [0.05, 0.1) is 6.61 Å². The van der Waals surface area contributed by atoms with Crippen LogP contribution in [0, 0.1) is 5.41 Å². The zero-order valence-electron chi connectivity index (χ0n) is 15.9. The van der Waals surface area contributed by atoms with Crippen LogP contribution in [0.5, 0.6) is 0 Å². The number of ether oxygens (including phenoxy) is 1. The molecular formula is C19H28N4O4. The molecule has 0 unspecified atom stereocenters. The van der Waals surface area contributed by atoms with Gasteiger partial charge in [-0.3, -0.25) is 14.7 Å². The van der Waals surface area contributed by atoms with Crippen molar-refractivity contribution in [2.75, 3.05) is 40.0 Å². The van der Waals surface area contributed by atoms with Crippen molar-refractivity contribution in [3.8, 4) is 0 Å². The molecule has 1 aliphatic carbocycles. The number of aromatic amines is 1. The third-order valence-electron chi connectivity index (χ3n) is 6.54. The van der Waals surface area contributed by atoms with E-state index in [-0.39, 0.29) is 31.1 Å². The fraction of sp³-hybridized carbons (Fsp3) is 0.737. The second kappa shape index (κ2) is 7.24. The Morgan fingerprint density at radius 2 is 2.19 bits per heavy atom. The third-order valence-corrected chi connectivity index (χ3v) is 6.54. The number of hydrogen-bond donors (Lipinski definition) is 2. The molecule has 4 rings (SSSR count). The molecule has 3 aliphatic rings. The molecule has 2 atom stereocenters. The first-order valence-corrected chi connectivity index (χ1v) is 9.84. The van der Waals surface area contributed by atoms with Gasteiger partial charge in [0.2, 0.25) is 5.91 Å². The summed E-state index contributed by atoms with van der Waals surface area (Å²) >= 11 is 0. The number of carbonyl (C=O) groups excluding carboxylic acids is 2. The molecule has 2 amide bonds. The van der Waals surface area contributed by atoms with Crippen LogP contribution in [0.1, 0.15) is 47.4 Å². The normalized spacial score (nSPS) is 27.4. The minimum Gasteiger partial charge on any atom is -0.396 e. The maximum Gasteiger partial charge on any atom is 0.274 e. The van der Waals surface area contributed by atoms with Crippen LogP contribution in [0.25, 0.3) is 0 Å². The van der Waals surface area contributed by atoms with E-state index in [1.54, 1.807) is 4.90 Å². The molecule has 2 saturated heterocycles. The number of hydrogen-bond acceptors (Lipinski definition) is 5. The van der Waals surface area contributed by atoms with Gasteiger partial charge in [0.1, 0.15) is 6.61 Å². The van der Waals surface area contributed by atoms with Gasteiger partial charge in [0.15, 0.2) is 5.69 Å². The number of aromatic nitrogens is 2. The molecule has 27 heavy (non-hydrogen) atoms. The number of aliphatic hydroxyl groups excluding tert-OH is 1. The molecule has 8 nitrogen and oxygen atoms in total. The number of likely N-dealkylation sites (tertiary alicyclic amines) is 2. The Kier molecular flexibility index (Phi) is 4.94. The van der Waals surface area contributed by atoms with Crippen LogP contribution < -0.4 is 0 Å². The number of nitrogens with zero attached hydrogens (tertiary/aromatic N) is 3. The first kappa shape index (κ1) is 18.4. The maximum absolute atomic E-state index is 13.3. The van der Waals surface area contributed by atoms with Crippen LogP contribution in [0.2, 0.25) is 0 Å². The molecule has 3 heterocycles. The van der Waals surface area contributed by atoms with Gasteiger partial charge in [-0.15, -0.1) is 0 Å². The van der Waals surface area contributed by atoms with Crippen LogP contribution in [-0.4, -0.2) is 82.9 Å². The van der Waals surface area contributed by atoms with E-state index in [0.717, 1.165) is 43.4 Å². The highest BCUT2D eigenvalue weighted by molar-refractivity contribution is 5.94. The minimum absolute atomic E-state index is 0.0309. The quantitative estimate of drug-likeness (QED) is 0.791. The third kappa shape index (κ3) is 3.04. The topological polar surface area (TPSA) is 98.8 Å². The Hall–Kier alpha value is -1.93. The van der Waals surface area contributed by atoms with Crippen molar-refractivity contribution in [3.63, 3.8) is 0 Å². The van der Waals surface area contributed by atoms with E-state index in [0.29, 0.717) is 31.7 Å². The predicted octanol–water partition coefficient (Wildman–Crippen LogP) is 0.360. The average Bonchev–Trinajstić information content (AvgIpc) is 3.30. The van der Waals surface area contributed by atoms with Crippen LogP contribution >= 0.6 is 0 Å². The highest BCUT2D eigenvalue weighted by Crippen LogP contribution is 2.42. The van der Waals surface area contributed by atoms with Crippen molar-refractivity contribution in [3.05, 3.63) is 17.0 Å². The van der Waals surface area contributed by atoms with E-state index in [2.05, 4.69) is 10.2 Å². The lowest BCUT2D eigenvalue weighted by molar-refractivity contribution is -0.144. The lowest BCUT2D eigenvalue weighted by atomic mass is 9.69. The van der Waals surface area contributed by atoms with E-state index in [1.807, 2.05) is 4.90 Å². The molecule has 2 N–H and O–H groups in total. The Balaban J connectivity index is 1.57. The standard InChI is InChI=1S/C19H28N4O4/c1-27-10-16(25)22-9-6-15-19(11-22,12-24)7-3-8-23(15)18(26)17-13-4-2-5-14(13)20-21-17/h15,24H,2-12H2,1H3,(H,20,21)/t15-,19-/m1/s1. The highest BCUT2D eigenvalue weighted by atomic mass is 16.5. The first-order valence-electron chi connectivity index (χ1n) is 9.84. The van der Waals surface area contributed by atoms with Gasteiger partial charge in [-0.1, -0.05) is 0 Å². The molecule has 2 fully saturated rings. The van der Waals surface area contributed by atoms with E-state index in [4.69, 9.17) is 4.74 Å². The number of aliphatic hydroxyl groups is 1. The van der Waals surface area contributed by atoms with E-state index >= 15 is 0 Å². The van der Waals surface area contributed by atoms with Gasteiger partial charge < -0.3 is 19.6 Å². The van der Waals surface area contributed by atoms with Crippen LogP contribution in [0.3, 0.4) is 0 Å². The predicted molar refractivity (Wildman–Crippen MR) is 97.3 cm³/mol. The zero-order valence-corrected chi connectivity index (χ0v) is 15.9. The Morgan fingerprint density at radius 1 is 1.33 bits per heavy atom. The van der Waals surface area contributed by atoms with Gasteiger partial charge in [0.25, 0.3) is 5.91 Å². The number of carbonyl (C=O) groups is 2. The Bertz CT molecular complexity index is 733. The number of fused-ring (bicyclic) bond motifs is 2. The number of H-pyrrole nitrogens is 1. The van der Waals surface area contributed by atoms with Crippen molar-refractivity contribution < 1.29 is 19.4 Å². The summed E-state index contributed by atoms with van der Waals surface area (Å²) in [5.41, 5.74) is 2.24. The van der Waals surface area contributed by atoms with Gasteiger partial charge in [0, 0.05) is 49.5 Å². The van der Waals surface area contributed by atoms with Crippen molar-refractivity contribution in [1.29, 1.82) is 0 Å². The summed E-state index contributed by atoms with van der Waals surface area (Å²) in [7, 11) is 1.51. The average molecular weight is 376 g/mol. The number of rotatable bonds is 4. The molecule has 2 aliphatic heterocycles. The second-order valence-electron chi connectivity index (χ2n) is 8.06. The second-order valence-corrected chi connectivity index (χ2v) is 8.06. The summed E-state index contributed by atoms with van der Waals surface area (Å²) in [6.07, 6.45) is 5.22. The molecule has 0 radical (unpaired) electrons. The number of nitrogens with one attached hydrogen (secondary N) is 1. The Labute approximate surface area is 158 Å². The maximum atomic E-state index is 13.3. The van der Waals surface area contributed by atoms with E-state index in [9.17, 15) is 14.7 Å². The molecule has 8 heteroatoms. The Morgan fingerprint density at radius 3 is 2.96 bits per heavy atom. The van der Waals surface area contributed by atoms with Gasteiger partial charge in [-0.2, -0.15) is 5.10 Å².